The number of benzene rings is 3. The molecule has 1 amide bonds. The van der Waals surface area contributed by atoms with Gasteiger partial charge >= 0.3 is 5.97 Å². The number of nitrogens with zero attached hydrogens (tertiary/aromatic N) is 4. The van der Waals surface area contributed by atoms with Crippen LogP contribution in [0.2, 0.25) is 0 Å². The van der Waals surface area contributed by atoms with Crippen molar-refractivity contribution < 1.29 is 24.2 Å². The first-order valence-corrected chi connectivity index (χ1v) is 14.6. The number of aromatic nitrogens is 3. The van der Waals surface area contributed by atoms with Gasteiger partial charge in [0, 0.05) is 46.4 Å². The van der Waals surface area contributed by atoms with Crippen LogP contribution in [0.3, 0.4) is 0 Å². The van der Waals surface area contributed by atoms with E-state index in [4.69, 9.17) is 9.47 Å². The number of morpholine rings is 1. The lowest BCUT2D eigenvalue weighted by atomic mass is 9.98. The Morgan fingerprint density at radius 2 is 1.63 bits per heavy atom. The van der Waals surface area contributed by atoms with Gasteiger partial charge in [-0.05, 0) is 43.7 Å². The predicted molar refractivity (Wildman–Crippen MR) is 165 cm³/mol. The Bertz CT molecular complexity index is 1800. The molecule has 0 bridgehead atoms. The predicted octanol–water partition coefficient (Wildman–Crippen LogP) is 5.44. The molecule has 1 saturated heterocycles. The normalized spacial score (nSPS) is 13.5. The van der Waals surface area contributed by atoms with Crippen LogP contribution in [0, 0.1) is 13.8 Å². The second-order valence-electron chi connectivity index (χ2n) is 10.8. The van der Waals surface area contributed by atoms with Gasteiger partial charge in [0.05, 0.1) is 25.3 Å². The van der Waals surface area contributed by atoms with Crippen LogP contribution in [0.1, 0.15) is 33.9 Å². The zero-order chi connectivity index (χ0) is 29.9. The van der Waals surface area contributed by atoms with Crippen molar-refractivity contribution >= 4 is 33.6 Å². The highest BCUT2D eigenvalue weighted by Gasteiger charge is 2.28. The fraction of sp³-hybridized carbons (Fsp3) is 0.294. The third-order valence-electron chi connectivity index (χ3n) is 8.12. The average Bonchev–Trinajstić information content (AvgIpc) is 3.33. The molecule has 1 aliphatic rings. The molecule has 2 aromatic heterocycles. The van der Waals surface area contributed by atoms with Crippen LogP contribution in [0.5, 0.6) is 5.75 Å². The van der Waals surface area contributed by atoms with Crippen molar-refractivity contribution in [1.82, 2.24) is 19.4 Å². The van der Waals surface area contributed by atoms with E-state index in [-0.39, 0.29) is 18.1 Å². The summed E-state index contributed by atoms with van der Waals surface area (Å²) in [6.45, 7) is 6.06. The minimum absolute atomic E-state index is 0.0898. The number of carbonyl (C=O) groups excluding carboxylic acids is 1. The minimum atomic E-state index is -1.07. The fourth-order valence-electron chi connectivity index (χ4n) is 6.12. The molecule has 1 fully saturated rings. The molecule has 3 heterocycles. The smallest absolute Gasteiger partial charge is 0.352 e. The lowest BCUT2D eigenvalue weighted by molar-refractivity contribution is -0.135. The molecule has 0 unspecified atom stereocenters. The number of fused-ring (bicyclic) bond motifs is 2. The summed E-state index contributed by atoms with van der Waals surface area (Å²) in [5.41, 5.74) is 4.74. The van der Waals surface area contributed by atoms with Gasteiger partial charge < -0.3 is 24.0 Å². The van der Waals surface area contributed by atoms with E-state index in [9.17, 15) is 14.7 Å². The van der Waals surface area contributed by atoms with Gasteiger partial charge in [0.25, 0.3) is 0 Å². The Hall–Kier alpha value is -4.76. The molecule has 0 saturated carbocycles. The molecule has 1 N–H and O–H groups in total. The van der Waals surface area contributed by atoms with E-state index in [1.807, 2.05) is 74.5 Å². The Morgan fingerprint density at radius 1 is 0.930 bits per heavy atom. The average molecular weight is 579 g/mol. The number of aromatic carboxylic acids is 1. The van der Waals surface area contributed by atoms with Crippen molar-refractivity contribution in [2.45, 2.75) is 33.2 Å². The number of ether oxygens (including phenoxy) is 2. The van der Waals surface area contributed by atoms with E-state index in [0.29, 0.717) is 56.8 Å². The van der Waals surface area contributed by atoms with E-state index < -0.39 is 5.97 Å². The molecule has 1 aliphatic heterocycles. The number of carboxylic acids is 1. The van der Waals surface area contributed by atoms with Crippen molar-refractivity contribution in [2.24, 2.45) is 0 Å². The SMILES string of the molecule is Cc1ncnc(C)c1-c1cccc2c(CCCOc3cccc4ccccc34)c(C(=O)O)n(CC(=O)N3CCOCC3)c12. The first kappa shape index (κ1) is 28.4. The lowest BCUT2D eigenvalue weighted by Gasteiger charge is -2.27. The standard InChI is InChI=1S/C34H34N4O5/c1-22-31(23(2)36-21-35-22)28-12-6-11-26-27(13-7-17-43-29-14-5-9-24-8-3-4-10-25(24)29)33(34(40)41)38(32(26)28)20-30(39)37-15-18-42-19-16-37/h3-6,8-12,14,21H,7,13,15-20H2,1-2H3,(H,40,41). The monoisotopic (exact) mass is 578 g/mol. The summed E-state index contributed by atoms with van der Waals surface area (Å²) in [6.07, 6.45) is 2.59. The lowest BCUT2D eigenvalue weighted by Crippen LogP contribution is -2.42. The highest BCUT2D eigenvalue weighted by Crippen LogP contribution is 2.37. The molecule has 0 spiro atoms. The number of para-hydroxylation sites is 1. The quantitative estimate of drug-likeness (QED) is 0.232. The van der Waals surface area contributed by atoms with E-state index in [1.54, 1.807) is 9.47 Å². The van der Waals surface area contributed by atoms with Gasteiger partial charge in [-0.3, -0.25) is 4.79 Å². The summed E-state index contributed by atoms with van der Waals surface area (Å²) in [6, 6.07) is 19.9. The van der Waals surface area contributed by atoms with Gasteiger partial charge in [0.2, 0.25) is 5.91 Å². The summed E-state index contributed by atoms with van der Waals surface area (Å²) < 4.78 is 13.3. The Morgan fingerprint density at radius 3 is 2.40 bits per heavy atom. The summed E-state index contributed by atoms with van der Waals surface area (Å²) in [5, 5.41) is 13.5. The first-order valence-electron chi connectivity index (χ1n) is 14.6. The summed E-state index contributed by atoms with van der Waals surface area (Å²) in [5.74, 6) is -0.409. The van der Waals surface area contributed by atoms with E-state index in [0.717, 1.165) is 44.4 Å². The van der Waals surface area contributed by atoms with Gasteiger partial charge in [-0.1, -0.05) is 54.6 Å². The van der Waals surface area contributed by atoms with Crippen LogP contribution < -0.4 is 4.74 Å². The van der Waals surface area contributed by atoms with Gasteiger partial charge in [0.15, 0.2) is 0 Å². The van der Waals surface area contributed by atoms with Gasteiger partial charge in [-0.25, -0.2) is 14.8 Å². The second-order valence-corrected chi connectivity index (χ2v) is 10.8. The molecule has 0 aliphatic carbocycles. The minimum Gasteiger partial charge on any atom is -0.493 e. The molecule has 0 radical (unpaired) electrons. The number of hydrogen-bond acceptors (Lipinski definition) is 6. The van der Waals surface area contributed by atoms with Crippen molar-refractivity contribution in [3.8, 4) is 16.9 Å². The van der Waals surface area contributed by atoms with Crippen LogP contribution in [0.4, 0.5) is 0 Å². The highest BCUT2D eigenvalue weighted by molar-refractivity contribution is 6.05. The van der Waals surface area contributed by atoms with Gasteiger partial charge in [0.1, 0.15) is 24.3 Å². The van der Waals surface area contributed by atoms with Crippen molar-refractivity contribution in [3.05, 3.63) is 89.6 Å². The second kappa shape index (κ2) is 12.2. The summed E-state index contributed by atoms with van der Waals surface area (Å²) in [7, 11) is 0. The molecular formula is C34H34N4O5. The third kappa shape index (κ3) is 5.56. The molecule has 9 heteroatoms. The van der Waals surface area contributed by atoms with Crippen LogP contribution in [-0.4, -0.2) is 69.3 Å². The number of rotatable bonds is 9. The fourth-order valence-corrected chi connectivity index (χ4v) is 6.12. The Labute approximate surface area is 249 Å². The molecule has 220 valence electrons. The molecule has 43 heavy (non-hydrogen) atoms. The van der Waals surface area contributed by atoms with E-state index >= 15 is 0 Å². The van der Waals surface area contributed by atoms with Crippen LogP contribution in [0.15, 0.2) is 67.0 Å². The number of aryl methyl sites for hydroxylation is 3. The van der Waals surface area contributed by atoms with Crippen LogP contribution in [0.25, 0.3) is 32.8 Å². The highest BCUT2D eigenvalue weighted by atomic mass is 16.5. The summed E-state index contributed by atoms with van der Waals surface area (Å²) >= 11 is 0. The van der Waals surface area contributed by atoms with Crippen LogP contribution in [-0.2, 0) is 22.5 Å². The Kier molecular flexibility index (Phi) is 8.07. The van der Waals surface area contributed by atoms with Gasteiger partial charge in [-0.15, -0.1) is 0 Å². The molecule has 3 aromatic carbocycles. The topological polar surface area (TPSA) is 107 Å². The molecule has 5 aromatic rings. The van der Waals surface area contributed by atoms with Crippen molar-refractivity contribution in [3.63, 3.8) is 0 Å². The number of carbonyl (C=O) groups is 2. The Balaban J connectivity index is 1.40. The summed E-state index contributed by atoms with van der Waals surface area (Å²) in [4.78, 5) is 37.0. The first-order chi connectivity index (χ1) is 20.9. The number of hydrogen-bond donors (Lipinski definition) is 1. The zero-order valence-corrected chi connectivity index (χ0v) is 24.4. The van der Waals surface area contributed by atoms with E-state index in [1.165, 1.54) is 6.33 Å². The van der Waals surface area contributed by atoms with Crippen molar-refractivity contribution in [1.29, 1.82) is 0 Å². The van der Waals surface area contributed by atoms with Crippen LogP contribution >= 0.6 is 0 Å². The maximum Gasteiger partial charge on any atom is 0.352 e. The zero-order valence-electron chi connectivity index (χ0n) is 24.4. The molecule has 6 rings (SSSR count). The van der Waals surface area contributed by atoms with Crippen molar-refractivity contribution in [2.75, 3.05) is 32.9 Å². The largest absolute Gasteiger partial charge is 0.493 e. The van der Waals surface area contributed by atoms with E-state index in [2.05, 4.69) is 9.97 Å². The maximum atomic E-state index is 13.5. The molecule has 9 nitrogen and oxygen atoms in total. The maximum absolute atomic E-state index is 13.5. The van der Waals surface area contributed by atoms with Gasteiger partial charge in [-0.2, -0.15) is 0 Å². The number of carboxylic acid groups (broad SMARTS) is 1. The number of amides is 1. The molecular weight excluding hydrogens is 544 g/mol. The molecule has 0 atom stereocenters. The third-order valence-corrected chi connectivity index (χ3v) is 8.12.